The van der Waals surface area contributed by atoms with E-state index >= 15 is 0 Å². The van der Waals surface area contributed by atoms with Gasteiger partial charge in [-0.1, -0.05) is 28.8 Å². The summed E-state index contributed by atoms with van der Waals surface area (Å²) >= 11 is 3.49. The number of halogens is 2. The lowest BCUT2D eigenvalue weighted by Gasteiger charge is -2.20. The average Bonchev–Trinajstić information content (AvgIpc) is 2.74. The molecule has 0 heterocycles. The average molecular weight is 307 g/mol. The molecular weight excluding hydrogens is 289 g/mol. The molecule has 4 heteroatoms. The monoisotopic (exact) mass is 305 g/mol. The van der Waals surface area contributed by atoms with E-state index in [0.29, 0.717) is 11.7 Å². The first-order chi connectivity index (χ1) is 7.18. The van der Waals surface area contributed by atoms with E-state index in [0.717, 1.165) is 10.0 Å². The van der Waals surface area contributed by atoms with Gasteiger partial charge in [-0.3, -0.25) is 0 Å². The molecule has 90 valence electrons. The zero-order valence-corrected chi connectivity index (χ0v) is 11.4. The Kier molecular flexibility index (Phi) is 5.09. The van der Waals surface area contributed by atoms with E-state index in [4.69, 9.17) is 5.73 Å². The molecule has 1 saturated carbocycles. The molecule has 1 aliphatic carbocycles. The molecule has 2 nitrogen and oxygen atoms in total. The molecule has 0 unspecified atom stereocenters. The number of rotatable bonds is 2. The number of aromatic hydroxyl groups is 1. The highest BCUT2D eigenvalue weighted by Crippen LogP contribution is 2.37. The maximum absolute atomic E-state index is 9.45. The predicted octanol–water partition coefficient (Wildman–Crippen LogP) is 3.77. The van der Waals surface area contributed by atoms with Crippen molar-refractivity contribution in [2.75, 3.05) is 0 Å². The van der Waals surface area contributed by atoms with Crippen molar-refractivity contribution in [3.05, 3.63) is 28.2 Å². The molecule has 1 aromatic carbocycles. The molecule has 0 saturated heterocycles. The first-order valence-corrected chi connectivity index (χ1v) is 6.22. The van der Waals surface area contributed by atoms with Gasteiger partial charge in [0.1, 0.15) is 5.75 Å². The van der Waals surface area contributed by atoms with Crippen LogP contribution in [0.3, 0.4) is 0 Å². The highest BCUT2D eigenvalue weighted by molar-refractivity contribution is 9.10. The van der Waals surface area contributed by atoms with Crippen LogP contribution in [0.5, 0.6) is 5.75 Å². The lowest BCUT2D eigenvalue weighted by molar-refractivity contribution is 0.437. The summed E-state index contributed by atoms with van der Waals surface area (Å²) in [5.74, 6) is 0.866. The van der Waals surface area contributed by atoms with E-state index in [9.17, 15) is 5.11 Å². The summed E-state index contributed by atoms with van der Waals surface area (Å²) in [6.45, 7) is 0. The molecule has 0 bridgehead atoms. The van der Waals surface area contributed by atoms with Gasteiger partial charge in [0.2, 0.25) is 0 Å². The number of phenols is 1. The molecule has 0 aromatic heterocycles. The van der Waals surface area contributed by atoms with Crippen molar-refractivity contribution in [3.8, 4) is 5.75 Å². The maximum atomic E-state index is 9.45. The second-order valence-corrected chi connectivity index (χ2v) is 5.13. The molecule has 1 fully saturated rings. The zero-order valence-electron chi connectivity index (χ0n) is 9.03. The number of hydrogen-bond acceptors (Lipinski definition) is 2. The van der Waals surface area contributed by atoms with Gasteiger partial charge in [-0.15, -0.1) is 12.4 Å². The molecule has 3 N–H and O–H groups in total. The minimum absolute atomic E-state index is 0. The quantitative estimate of drug-likeness (QED) is 0.874. The SMILES string of the molecule is Cl.N[C@H](c1cc(O)ccc1Br)C1CCCC1. The molecule has 1 aromatic rings. The molecular formula is C12H17BrClNO. The van der Waals surface area contributed by atoms with Crippen LogP contribution in [0.1, 0.15) is 37.3 Å². The van der Waals surface area contributed by atoms with Gasteiger partial charge < -0.3 is 10.8 Å². The summed E-state index contributed by atoms with van der Waals surface area (Å²) < 4.78 is 1.000. The molecule has 2 rings (SSSR count). The smallest absolute Gasteiger partial charge is 0.115 e. The van der Waals surface area contributed by atoms with Gasteiger partial charge in [-0.05, 0) is 42.5 Å². The van der Waals surface area contributed by atoms with E-state index in [1.807, 2.05) is 6.07 Å². The van der Waals surface area contributed by atoms with E-state index in [1.54, 1.807) is 12.1 Å². The van der Waals surface area contributed by atoms with E-state index < -0.39 is 0 Å². The number of nitrogens with two attached hydrogens (primary N) is 1. The van der Waals surface area contributed by atoms with Crippen molar-refractivity contribution in [1.82, 2.24) is 0 Å². The maximum Gasteiger partial charge on any atom is 0.115 e. The normalized spacial score (nSPS) is 18.1. The standard InChI is InChI=1S/C12H16BrNO.ClH/c13-11-6-5-9(15)7-10(11)12(14)8-3-1-2-4-8;/h5-8,12,15H,1-4,14H2;1H/t12-;/m0./s1. The van der Waals surface area contributed by atoms with Gasteiger partial charge in [0.05, 0.1) is 0 Å². The lowest BCUT2D eigenvalue weighted by Crippen LogP contribution is -2.19. The zero-order chi connectivity index (χ0) is 10.8. The molecule has 1 atom stereocenters. The van der Waals surface area contributed by atoms with Crippen molar-refractivity contribution >= 4 is 28.3 Å². The van der Waals surface area contributed by atoms with Crippen LogP contribution in [0.4, 0.5) is 0 Å². The van der Waals surface area contributed by atoms with Crippen LogP contribution in [0, 0.1) is 5.92 Å². The number of hydrogen-bond donors (Lipinski definition) is 2. The van der Waals surface area contributed by atoms with Crippen LogP contribution < -0.4 is 5.73 Å². The highest BCUT2D eigenvalue weighted by Gasteiger charge is 2.24. The molecule has 16 heavy (non-hydrogen) atoms. The largest absolute Gasteiger partial charge is 0.508 e. The Morgan fingerprint density at radius 3 is 2.56 bits per heavy atom. The summed E-state index contributed by atoms with van der Waals surface area (Å²) in [6, 6.07) is 5.36. The molecule has 0 radical (unpaired) electrons. The van der Waals surface area contributed by atoms with Gasteiger partial charge in [-0.25, -0.2) is 0 Å². The predicted molar refractivity (Wildman–Crippen MR) is 71.9 cm³/mol. The van der Waals surface area contributed by atoms with Gasteiger partial charge >= 0.3 is 0 Å². The van der Waals surface area contributed by atoms with Crippen LogP contribution in [0.25, 0.3) is 0 Å². The second kappa shape index (κ2) is 5.89. The Hall–Kier alpha value is -0.250. The summed E-state index contributed by atoms with van der Waals surface area (Å²) in [7, 11) is 0. The third-order valence-corrected chi connectivity index (χ3v) is 3.97. The highest BCUT2D eigenvalue weighted by atomic mass is 79.9. The fraction of sp³-hybridized carbons (Fsp3) is 0.500. The summed E-state index contributed by atoms with van der Waals surface area (Å²) in [5, 5.41) is 9.45. The van der Waals surface area contributed by atoms with Crippen LogP contribution >= 0.6 is 28.3 Å². The first kappa shape index (κ1) is 13.8. The minimum Gasteiger partial charge on any atom is -0.508 e. The Bertz CT molecular complexity index is 353. The summed E-state index contributed by atoms with van der Waals surface area (Å²) in [6.07, 6.45) is 5.00. The Morgan fingerprint density at radius 1 is 1.31 bits per heavy atom. The van der Waals surface area contributed by atoms with Crippen LogP contribution in [0.15, 0.2) is 22.7 Å². The topological polar surface area (TPSA) is 46.2 Å². The minimum atomic E-state index is 0. The Balaban J connectivity index is 0.00000128. The van der Waals surface area contributed by atoms with Gasteiger partial charge in [0.25, 0.3) is 0 Å². The fourth-order valence-corrected chi connectivity index (χ4v) is 2.87. The van der Waals surface area contributed by atoms with Crippen molar-refractivity contribution in [2.24, 2.45) is 11.7 Å². The summed E-state index contributed by atoms with van der Waals surface area (Å²) in [5.41, 5.74) is 7.26. The van der Waals surface area contributed by atoms with Gasteiger partial charge in [0.15, 0.2) is 0 Å². The third kappa shape index (κ3) is 2.90. The Labute approximate surface area is 111 Å². The van der Waals surface area contributed by atoms with Crippen molar-refractivity contribution in [2.45, 2.75) is 31.7 Å². The van der Waals surface area contributed by atoms with E-state index in [2.05, 4.69) is 15.9 Å². The molecule has 0 aliphatic heterocycles. The first-order valence-electron chi connectivity index (χ1n) is 5.42. The van der Waals surface area contributed by atoms with Crippen LogP contribution in [-0.4, -0.2) is 5.11 Å². The van der Waals surface area contributed by atoms with Crippen LogP contribution in [-0.2, 0) is 0 Å². The van der Waals surface area contributed by atoms with Gasteiger partial charge in [-0.2, -0.15) is 0 Å². The number of phenolic OH excluding ortho intramolecular Hbond substituents is 1. The molecule has 1 aliphatic rings. The van der Waals surface area contributed by atoms with Crippen molar-refractivity contribution in [3.63, 3.8) is 0 Å². The molecule has 0 amide bonds. The van der Waals surface area contributed by atoms with Crippen LogP contribution in [0.2, 0.25) is 0 Å². The van der Waals surface area contributed by atoms with Crippen molar-refractivity contribution < 1.29 is 5.11 Å². The third-order valence-electron chi connectivity index (χ3n) is 3.25. The van der Waals surface area contributed by atoms with Gasteiger partial charge in [0, 0.05) is 10.5 Å². The second-order valence-electron chi connectivity index (χ2n) is 4.28. The van der Waals surface area contributed by atoms with E-state index in [-0.39, 0.29) is 18.4 Å². The van der Waals surface area contributed by atoms with E-state index in [1.165, 1.54) is 25.7 Å². The lowest BCUT2D eigenvalue weighted by atomic mass is 9.92. The summed E-state index contributed by atoms with van der Waals surface area (Å²) in [4.78, 5) is 0. The molecule has 0 spiro atoms. The Morgan fingerprint density at radius 2 is 1.94 bits per heavy atom. The number of benzene rings is 1. The van der Waals surface area contributed by atoms with Crippen molar-refractivity contribution in [1.29, 1.82) is 0 Å². The fourth-order valence-electron chi connectivity index (χ4n) is 2.36.